The van der Waals surface area contributed by atoms with E-state index in [1.54, 1.807) is 0 Å². The lowest BCUT2D eigenvalue weighted by atomic mass is 9.87. The molecule has 0 radical (unpaired) electrons. The molecule has 0 bridgehead atoms. The number of nitrogens with zero attached hydrogens (tertiary/aromatic N) is 1. The smallest absolute Gasteiger partial charge is 0.316 e. The average molecular weight is 232 g/mol. The van der Waals surface area contributed by atoms with Crippen molar-refractivity contribution >= 4 is 18.0 Å². The predicted octanol–water partition coefficient (Wildman–Crippen LogP) is -0.177. The van der Waals surface area contributed by atoms with Crippen LogP contribution in [0, 0.1) is 5.41 Å². The molecule has 2 amide bonds. The van der Waals surface area contributed by atoms with Crippen LogP contribution in [0.5, 0.6) is 0 Å². The van der Waals surface area contributed by atoms with E-state index in [0.717, 1.165) is 0 Å². The van der Waals surface area contributed by atoms with E-state index >= 15 is 0 Å². The lowest BCUT2D eigenvalue weighted by molar-refractivity contribution is -0.154. The summed E-state index contributed by atoms with van der Waals surface area (Å²) in [7, 11) is 3.01. The van der Waals surface area contributed by atoms with Crippen LogP contribution < -0.4 is 5.32 Å². The number of aliphatic carboxylic acids is 2. The third-order valence-electron chi connectivity index (χ3n) is 2.09. The van der Waals surface area contributed by atoms with E-state index in [2.05, 4.69) is 5.32 Å². The number of nitrogens with one attached hydrogen (secondary N) is 1. The molecule has 0 rings (SSSR count). The second-order valence-corrected chi connectivity index (χ2v) is 3.99. The summed E-state index contributed by atoms with van der Waals surface area (Å²) in [6.07, 6.45) is -0.546. The lowest BCUT2D eigenvalue weighted by Gasteiger charge is -2.24. The molecule has 3 N–H and O–H groups in total. The van der Waals surface area contributed by atoms with Gasteiger partial charge in [-0.2, -0.15) is 0 Å². The van der Waals surface area contributed by atoms with E-state index < -0.39 is 29.8 Å². The van der Waals surface area contributed by atoms with Crippen molar-refractivity contribution in [2.45, 2.75) is 13.3 Å². The minimum Gasteiger partial charge on any atom is -0.481 e. The molecule has 0 aromatic heterocycles. The second kappa shape index (κ2) is 5.34. The fraction of sp³-hybridized carbons (Fsp3) is 0.667. The summed E-state index contributed by atoms with van der Waals surface area (Å²) in [5.74, 6) is -2.47. The summed E-state index contributed by atoms with van der Waals surface area (Å²) in [6, 6.07) is -0.460. The molecule has 0 aromatic carbocycles. The van der Waals surface area contributed by atoms with E-state index in [4.69, 9.17) is 10.2 Å². The van der Waals surface area contributed by atoms with Crippen LogP contribution in [0.1, 0.15) is 13.3 Å². The molecule has 1 unspecified atom stereocenters. The molecule has 1 atom stereocenters. The number of carboxylic acids is 2. The average Bonchev–Trinajstić information content (AvgIpc) is 2.12. The lowest BCUT2D eigenvalue weighted by Crippen LogP contribution is -2.45. The summed E-state index contributed by atoms with van der Waals surface area (Å²) in [6.45, 7) is 1.05. The van der Waals surface area contributed by atoms with Gasteiger partial charge in [-0.25, -0.2) is 4.79 Å². The first-order valence-electron chi connectivity index (χ1n) is 4.59. The van der Waals surface area contributed by atoms with Crippen LogP contribution in [0.4, 0.5) is 4.79 Å². The van der Waals surface area contributed by atoms with Crippen LogP contribution in [0.3, 0.4) is 0 Å². The molecule has 0 aliphatic heterocycles. The van der Waals surface area contributed by atoms with Gasteiger partial charge < -0.3 is 20.4 Å². The quantitative estimate of drug-likeness (QED) is 0.609. The van der Waals surface area contributed by atoms with Gasteiger partial charge in [-0.05, 0) is 6.92 Å². The van der Waals surface area contributed by atoms with Crippen molar-refractivity contribution in [3.8, 4) is 0 Å². The van der Waals surface area contributed by atoms with Crippen LogP contribution in [0.2, 0.25) is 0 Å². The Morgan fingerprint density at radius 2 is 1.75 bits per heavy atom. The van der Waals surface area contributed by atoms with Crippen molar-refractivity contribution in [2.75, 3.05) is 20.6 Å². The second-order valence-electron chi connectivity index (χ2n) is 3.99. The van der Waals surface area contributed by atoms with Gasteiger partial charge in [-0.15, -0.1) is 0 Å². The minimum absolute atomic E-state index is 0.231. The first-order chi connectivity index (χ1) is 7.19. The van der Waals surface area contributed by atoms with E-state index in [1.165, 1.54) is 25.9 Å². The largest absolute Gasteiger partial charge is 0.481 e. The Morgan fingerprint density at radius 1 is 1.25 bits per heavy atom. The highest BCUT2D eigenvalue weighted by Crippen LogP contribution is 2.20. The molecule has 7 nitrogen and oxygen atoms in total. The van der Waals surface area contributed by atoms with Gasteiger partial charge in [0.05, 0.1) is 11.8 Å². The maximum Gasteiger partial charge on any atom is 0.316 e. The molecule has 0 heterocycles. The van der Waals surface area contributed by atoms with Crippen molar-refractivity contribution in [3.05, 3.63) is 0 Å². The standard InChI is InChI=1S/C9H16N2O5/c1-9(7(14)15,4-6(12)13)5-10-8(16)11(2)3/h4-5H2,1-3H3,(H,10,16)(H,12,13)(H,14,15). The topological polar surface area (TPSA) is 107 Å². The van der Waals surface area contributed by atoms with Gasteiger partial charge in [-0.3, -0.25) is 9.59 Å². The van der Waals surface area contributed by atoms with Gasteiger partial charge in [0.25, 0.3) is 0 Å². The van der Waals surface area contributed by atoms with Crippen LogP contribution in [0.15, 0.2) is 0 Å². The van der Waals surface area contributed by atoms with Crippen LogP contribution >= 0.6 is 0 Å². The molecule has 0 aliphatic rings. The zero-order valence-corrected chi connectivity index (χ0v) is 9.48. The number of carboxylic acid groups (broad SMARTS) is 2. The summed E-state index contributed by atoms with van der Waals surface area (Å²) < 4.78 is 0. The summed E-state index contributed by atoms with van der Waals surface area (Å²) in [5.41, 5.74) is -1.50. The van der Waals surface area contributed by atoms with Crippen molar-refractivity contribution in [3.63, 3.8) is 0 Å². The van der Waals surface area contributed by atoms with Gasteiger partial charge in [-0.1, -0.05) is 0 Å². The van der Waals surface area contributed by atoms with Gasteiger partial charge in [0.15, 0.2) is 0 Å². The van der Waals surface area contributed by atoms with Crippen molar-refractivity contribution in [1.82, 2.24) is 10.2 Å². The Balaban J connectivity index is 4.52. The molecule has 0 saturated heterocycles. The van der Waals surface area contributed by atoms with Gasteiger partial charge >= 0.3 is 18.0 Å². The van der Waals surface area contributed by atoms with Gasteiger partial charge in [0.2, 0.25) is 0 Å². The molecule has 92 valence electrons. The third-order valence-corrected chi connectivity index (χ3v) is 2.09. The number of urea groups is 1. The van der Waals surface area contributed by atoms with E-state index in [9.17, 15) is 14.4 Å². The highest BCUT2D eigenvalue weighted by molar-refractivity contribution is 5.82. The normalized spacial score (nSPS) is 13.7. The van der Waals surface area contributed by atoms with Crippen LogP contribution in [-0.2, 0) is 9.59 Å². The monoisotopic (exact) mass is 232 g/mol. The Bertz CT molecular complexity index is 302. The summed E-state index contributed by atoms with van der Waals surface area (Å²) in [4.78, 5) is 33.8. The van der Waals surface area contributed by atoms with Crippen LogP contribution in [0.25, 0.3) is 0 Å². The molecule has 0 fully saturated rings. The number of hydrogen-bond acceptors (Lipinski definition) is 3. The highest BCUT2D eigenvalue weighted by Gasteiger charge is 2.36. The number of carbonyl (C=O) groups excluding carboxylic acids is 1. The Morgan fingerprint density at radius 3 is 2.06 bits per heavy atom. The molecule has 16 heavy (non-hydrogen) atoms. The minimum atomic E-state index is -1.50. The molecular formula is C9H16N2O5. The van der Waals surface area contributed by atoms with Gasteiger partial charge in [0, 0.05) is 20.6 Å². The van der Waals surface area contributed by atoms with E-state index in [-0.39, 0.29) is 6.54 Å². The maximum absolute atomic E-state index is 11.2. The van der Waals surface area contributed by atoms with E-state index in [0.29, 0.717) is 0 Å². The maximum atomic E-state index is 11.2. The highest BCUT2D eigenvalue weighted by atomic mass is 16.4. The zero-order valence-electron chi connectivity index (χ0n) is 9.48. The molecule has 7 heteroatoms. The predicted molar refractivity (Wildman–Crippen MR) is 55.1 cm³/mol. The number of carbonyl (C=O) groups is 3. The van der Waals surface area contributed by atoms with Crippen molar-refractivity contribution in [1.29, 1.82) is 0 Å². The molecule has 0 saturated carbocycles. The Hall–Kier alpha value is -1.79. The number of hydrogen-bond donors (Lipinski definition) is 3. The fourth-order valence-corrected chi connectivity index (χ4v) is 0.976. The summed E-state index contributed by atoms with van der Waals surface area (Å²) in [5, 5.41) is 19.8. The Kier molecular flexibility index (Phi) is 4.74. The first kappa shape index (κ1) is 14.2. The number of amides is 2. The van der Waals surface area contributed by atoms with Gasteiger partial charge in [0.1, 0.15) is 0 Å². The molecule has 0 spiro atoms. The third kappa shape index (κ3) is 4.16. The van der Waals surface area contributed by atoms with Crippen molar-refractivity contribution in [2.24, 2.45) is 5.41 Å². The SMILES string of the molecule is CN(C)C(=O)NCC(C)(CC(=O)O)C(=O)O. The van der Waals surface area contributed by atoms with Crippen molar-refractivity contribution < 1.29 is 24.6 Å². The number of rotatable bonds is 5. The Labute approximate surface area is 93.0 Å². The fourth-order valence-electron chi connectivity index (χ4n) is 0.976. The first-order valence-corrected chi connectivity index (χ1v) is 4.59. The molecule has 0 aromatic rings. The molecular weight excluding hydrogens is 216 g/mol. The summed E-state index contributed by atoms with van der Waals surface area (Å²) >= 11 is 0. The zero-order chi connectivity index (χ0) is 12.9. The molecule has 0 aliphatic carbocycles. The van der Waals surface area contributed by atoms with Crippen LogP contribution in [-0.4, -0.2) is 53.7 Å². The van der Waals surface area contributed by atoms with E-state index in [1.807, 2.05) is 0 Å².